The number of methoxy groups -OCH3 is 1. The summed E-state index contributed by atoms with van der Waals surface area (Å²) in [7, 11) is -2.23. The van der Waals surface area contributed by atoms with Crippen molar-refractivity contribution in [3.8, 4) is 5.75 Å². The van der Waals surface area contributed by atoms with Crippen molar-refractivity contribution in [2.24, 2.45) is 0 Å². The maximum absolute atomic E-state index is 13.0. The van der Waals surface area contributed by atoms with Crippen molar-refractivity contribution >= 4 is 38.8 Å². The van der Waals surface area contributed by atoms with Gasteiger partial charge in [-0.1, -0.05) is 11.6 Å². The molecule has 0 atom stereocenters. The molecule has 0 amide bonds. The number of aryl methyl sites for hydroxylation is 1. The minimum absolute atomic E-state index is 0.145. The number of nitrogens with zero attached hydrogens (tertiary/aromatic N) is 1. The molecule has 2 aromatic carbocycles. The molecule has 0 aliphatic carbocycles. The second-order valence-electron chi connectivity index (χ2n) is 5.50. The lowest BCUT2D eigenvalue weighted by molar-refractivity contribution is -0.107. The standard InChI is InChI=1S/C18H16ClNO4S/c1-24-15-6-9-18-17(11-15)13(3-2-10-21)12-20(18)25(22,23)16-7-4-14(19)5-8-16/h4-12H,2-3H2,1H3. The van der Waals surface area contributed by atoms with Crippen LogP contribution >= 0.6 is 11.6 Å². The minimum atomic E-state index is -3.78. The molecule has 0 fully saturated rings. The first-order chi connectivity index (χ1) is 12.0. The maximum Gasteiger partial charge on any atom is 0.268 e. The lowest BCUT2D eigenvalue weighted by Gasteiger charge is -2.08. The Labute approximate surface area is 150 Å². The van der Waals surface area contributed by atoms with E-state index in [0.29, 0.717) is 29.1 Å². The van der Waals surface area contributed by atoms with Gasteiger partial charge in [0.2, 0.25) is 0 Å². The van der Waals surface area contributed by atoms with Crippen LogP contribution in [0.5, 0.6) is 5.75 Å². The lowest BCUT2D eigenvalue weighted by Crippen LogP contribution is -2.11. The minimum Gasteiger partial charge on any atom is -0.497 e. The van der Waals surface area contributed by atoms with E-state index in [0.717, 1.165) is 17.2 Å². The van der Waals surface area contributed by atoms with Gasteiger partial charge in [-0.15, -0.1) is 0 Å². The van der Waals surface area contributed by atoms with Crippen LogP contribution in [0.15, 0.2) is 53.6 Å². The molecule has 3 aromatic rings. The third-order valence-electron chi connectivity index (χ3n) is 3.96. The second kappa shape index (κ2) is 6.90. The van der Waals surface area contributed by atoms with E-state index in [1.807, 2.05) is 0 Å². The summed E-state index contributed by atoms with van der Waals surface area (Å²) >= 11 is 5.85. The third kappa shape index (κ3) is 3.27. The molecule has 5 nitrogen and oxygen atoms in total. The molecule has 1 aromatic heterocycles. The number of aldehydes is 1. The van der Waals surface area contributed by atoms with Crippen molar-refractivity contribution in [2.75, 3.05) is 7.11 Å². The van der Waals surface area contributed by atoms with Gasteiger partial charge >= 0.3 is 0 Å². The van der Waals surface area contributed by atoms with E-state index in [-0.39, 0.29) is 4.90 Å². The fourth-order valence-corrected chi connectivity index (χ4v) is 4.22. The number of ether oxygens (including phenoxy) is 1. The van der Waals surface area contributed by atoms with Gasteiger partial charge in [0.25, 0.3) is 10.0 Å². The molecular weight excluding hydrogens is 362 g/mol. The van der Waals surface area contributed by atoms with Crippen LogP contribution in [-0.4, -0.2) is 25.8 Å². The Morgan fingerprint density at radius 1 is 1.16 bits per heavy atom. The highest BCUT2D eigenvalue weighted by Gasteiger charge is 2.21. The van der Waals surface area contributed by atoms with Crippen molar-refractivity contribution in [2.45, 2.75) is 17.7 Å². The van der Waals surface area contributed by atoms with Gasteiger partial charge in [0.05, 0.1) is 17.5 Å². The van der Waals surface area contributed by atoms with Crippen LogP contribution in [0.1, 0.15) is 12.0 Å². The van der Waals surface area contributed by atoms with Gasteiger partial charge in [-0.2, -0.15) is 0 Å². The van der Waals surface area contributed by atoms with Crippen molar-refractivity contribution in [1.82, 2.24) is 3.97 Å². The number of hydrogen-bond acceptors (Lipinski definition) is 4. The first-order valence-electron chi connectivity index (χ1n) is 7.60. The topological polar surface area (TPSA) is 65.4 Å². The predicted molar refractivity (Wildman–Crippen MR) is 96.9 cm³/mol. The zero-order valence-electron chi connectivity index (χ0n) is 13.5. The Hall–Kier alpha value is -2.31. The normalized spacial score (nSPS) is 11.6. The largest absolute Gasteiger partial charge is 0.497 e. The van der Waals surface area contributed by atoms with Crippen LogP contribution in [-0.2, 0) is 21.2 Å². The molecule has 0 radical (unpaired) electrons. The molecule has 0 aliphatic heterocycles. The Morgan fingerprint density at radius 2 is 1.88 bits per heavy atom. The molecule has 130 valence electrons. The number of carbonyl (C=O) groups excluding carboxylic acids is 1. The zero-order chi connectivity index (χ0) is 18.0. The van der Waals surface area contributed by atoms with Crippen LogP contribution in [0.4, 0.5) is 0 Å². The second-order valence-corrected chi connectivity index (χ2v) is 7.75. The summed E-state index contributed by atoms with van der Waals surface area (Å²) in [4.78, 5) is 10.9. The van der Waals surface area contributed by atoms with Gasteiger partial charge in [0.1, 0.15) is 12.0 Å². The van der Waals surface area contributed by atoms with E-state index < -0.39 is 10.0 Å². The molecule has 3 rings (SSSR count). The molecule has 0 saturated heterocycles. The quantitative estimate of drug-likeness (QED) is 0.615. The maximum atomic E-state index is 13.0. The van der Waals surface area contributed by atoms with Gasteiger partial charge in [0.15, 0.2) is 0 Å². The molecule has 25 heavy (non-hydrogen) atoms. The molecule has 0 saturated carbocycles. The fourth-order valence-electron chi connectivity index (χ4n) is 2.70. The third-order valence-corrected chi connectivity index (χ3v) is 5.90. The highest BCUT2D eigenvalue weighted by molar-refractivity contribution is 7.90. The number of hydrogen-bond donors (Lipinski definition) is 0. The SMILES string of the molecule is COc1ccc2c(c1)c(CCC=O)cn2S(=O)(=O)c1ccc(Cl)cc1. The zero-order valence-corrected chi connectivity index (χ0v) is 15.0. The summed E-state index contributed by atoms with van der Waals surface area (Å²) in [5.74, 6) is 0.626. The van der Waals surface area contributed by atoms with Crippen molar-refractivity contribution in [3.63, 3.8) is 0 Å². The van der Waals surface area contributed by atoms with Crippen LogP contribution in [0.2, 0.25) is 5.02 Å². The Kier molecular flexibility index (Phi) is 4.83. The first kappa shape index (κ1) is 17.5. The Balaban J connectivity index is 2.21. The number of benzene rings is 2. The van der Waals surface area contributed by atoms with Crippen molar-refractivity contribution < 1.29 is 17.9 Å². The van der Waals surface area contributed by atoms with Crippen LogP contribution in [0, 0.1) is 0 Å². The van der Waals surface area contributed by atoms with E-state index in [9.17, 15) is 13.2 Å². The van der Waals surface area contributed by atoms with Crippen LogP contribution < -0.4 is 4.74 Å². The summed E-state index contributed by atoms with van der Waals surface area (Å²) in [5, 5.41) is 1.21. The van der Waals surface area contributed by atoms with E-state index in [1.54, 1.807) is 31.5 Å². The summed E-state index contributed by atoms with van der Waals surface area (Å²) in [6.45, 7) is 0. The van der Waals surface area contributed by atoms with E-state index in [4.69, 9.17) is 16.3 Å². The van der Waals surface area contributed by atoms with Crippen molar-refractivity contribution in [1.29, 1.82) is 0 Å². The molecule has 0 unspecified atom stereocenters. The van der Waals surface area contributed by atoms with Gasteiger partial charge < -0.3 is 9.53 Å². The summed E-state index contributed by atoms with van der Waals surface area (Å²) in [5.41, 5.74) is 1.31. The molecule has 0 N–H and O–H groups in total. The Morgan fingerprint density at radius 3 is 2.52 bits per heavy atom. The number of aromatic nitrogens is 1. The smallest absolute Gasteiger partial charge is 0.268 e. The van der Waals surface area contributed by atoms with E-state index in [2.05, 4.69) is 0 Å². The highest BCUT2D eigenvalue weighted by Crippen LogP contribution is 2.30. The number of halogens is 1. The van der Waals surface area contributed by atoms with Gasteiger partial charge in [-0.25, -0.2) is 12.4 Å². The lowest BCUT2D eigenvalue weighted by atomic mass is 10.1. The fraction of sp³-hybridized carbons (Fsp3) is 0.167. The number of fused-ring (bicyclic) bond motifs is 1. The van der Waals surface area contributed by atoms with Gasteiger partial charge in [0, 0.05) is 23.0 Å². The molecular formula is C18H16ClNO4S. The predicted octanol–water partition coefficient (Wildman–Crippen LogP) is 3.67. The monoisotopic (exact) mass is 377 g/mol. The molecule has 0 spiro atoms. The Bertz CT molecular complexity index is 1020. The van der Waals surface area contributed by atoms with Crippen molar-refractivity contribution in [3.05, 3.63) is 59.2 Å². The average Bonchev–Trinajstić information content (AvgIpc) is 2.98. The number of rotatable bonds is 6. The molecule has 1 heterocycles. The van der Waals surface area contributed by atoms with E-state index in [1.165, 1.54) is 28.2 Å². The van der Waals surface area contributed by atoms with E-state index >= 15 is 0 Å². The number of carbonyl (C=O) groups is 1. The average molecular weight is 378 g/mol. The summed E-state index contributed by atoms with van der Waals surface area (Å²) in [6, 6.07) is 11.2. The summed E-state index contributed by atoms with van der Waals surface area (Å²) in [6.07, 6.45) is 3.15. The molecule has 0 bridgehead atoms. The highest BCUT2D eigenvalue weighted by atomic mass is 35.5. The van der Waals surface area contributed by atoms with Gasteiger partial charge in [-0.3, -0.25) is 0 Å². The summed E-state index contributed by atoms with van der Waals surface area (Å²) < 4.78 is 32.5. The van der Waals surface area contributed by atoms with Crippen LogP contribution in [0.25, 0.3) is 10.9 Å². The first-order valence-corrected chi connectivity index (χ1v) is 9.42. The van der Waals surface area contributed by atoms with Crippen LogP contribution in [0.3, 0.4) is 0 Å². The van der Waals surface area contributed by atoms with Gasteiger partial charge in [-0.05, 0) is 54.4 Å². The molecule has 7 heteroatoms. The molecule has 0 aliphatic rings.